The number of carbonyl (C=O) groups is 1. The van der Waals surface area contributed by atoms with Crippen molar-refractivity contribution in [2.24, 2.45) is 0 Å². The van der Waals surface area contributed by atoms with Gasteiger partial charge in [-0.3, -0.25) is 4.79 Å². The molecule has 1 N–H and O–H groups in total. The lowest BCUT2D eigenvalue weighted by Crippen LogP contribution is -2.52. The van der Waals surface area contributed by atoms with Crippen molar-refractivity contribution >= 4 is 5.91 Å². The third kappa shape index (κ3) is 2.52. The second-order valence-electron chi connectivity index (χ2n) is 5.74. The van der Waals surface area contributed by atoms with Crippen molar-refractivity contribution < 1.29 is 4.79 Å². The molecule has 1 fully saturated rings. The van der Waals surface area contributed by atoms with Crippen LogP contribution in [0.4, 0.5) is 0 Å². The van der Waals surface area contributed by atoms with Gasteiger partial charge in [0.15, 0.2) is 0 Å². The van der Waals surface area contributed by atoms with Crippen molar-refractivity contribution in [2.75, 3.05) is 19.6 Å². The Hall–Kier alpha value is -1.35. The first-order chi connectivity index (χ1) is 9.25. The fourth-order valence-electron chi connectivity index (χ4n) is 3.18. The summed E-state index contributed by atoms with van der Waals surface area (Å²) in [6.07, 6.45) is 4.85. The van der Waals surface area contributed by atoms with Gasteiger partial charge < -0.3 is 10.2 Å². The number of fused-ring (bicyclic) bond motifs is 1. The highest BCUT2D eigenvalue weighted by Gasteiger charge is 2.24. The van der Waals surface area contributed by atoms with Crippen molar-refractivity contribution in [2.45, 2.75) is 38.6 Å². The predicted octanol–water partition coefficient (Wildman–Crippen LogP) is 2.00. The van der Waals surface area contributed by atoms with Crippen LogP contribution < -0.4 is 5.32 Å². The Morgan fingerprint density at radius 2 is 2.05 bits per heavy atom. The number of piperazine rings is 1. The zero-order chi connectivity index (χ0) is 13.2. The number of benzene rings is 1. The van der Waals surface area contributed by atoms with Crippen LogP contribution in [0.15, 0.2) is 18.2 Å². The fraction of sp³-hybridized carbons (Fsp3) is 0.562. The quantitative estimate of drug-likeness (QED) is 0.835. The van der Waals surface area contributed by atoms with Gasteiger partial charge in [-0.25, -0.2) is 0 Å². The molecule has 0 bridgehead atoms. The van der Waals surface area contributed by atoms with Crippen molar-refractivity contribution in [3.63, 3.8) is 0 Å². The summed E-state index contributed by atoms with van der Waals surface area (Å²) in [5.41, 5.74) is 3.70. The largest absolute Gasteiger partial charge is 0.333 e. The van der Waals surface area contributed by atoms with Crippen molar-refractivity contribution in [3.05, 3.63) is 34.9 Å². The van der Waals surface area contributed by atoms with Crippen LogP contribution in [0.25, 0.3) is 0 Å². The molecule has 1 amide bonds. The summed E-state index contributed by atoms with van der Waals surface area (Å²) in [6.45, 7) is 4.73. The molecule has 1 atom stereocenters. The lowest BCUT2D eigenvalue weighted by molar-refractivity contribution is 0.0655. The number of amides is 1. The molecule has 0 unspecified atom stereocenters. The topological polar surface area (TPSA) is 32.3 Å². The van der Waals surface area contributed by atoms with E-state index in [1.807, 2.05) is 11.0 Å². The van der Waals surface area contributed by atoms with E-state index in [9.17, 15) is 4.79 Å². The minimum Gasteiger partial charge on any atom is -0.333 e. The van der Waals surface area contributed by atoms with E-state index < -0.39 is 0 Å². The van der Waals surface area contributed by atoms with E-state index in [1.54, 1.807) is 0 Å². The van der Waals surface area contributed by atoms with E-state index >= 15 is 0 Å². The number of rotatable bonds is 1. The van der Waals surface area contributed by atoms with Crippen LogP contribution in [0.5, 0.6) is 0 Å². The lowest BCUT2D eigenvalue weighted by Gasteiger charge is -2.34. The molecule has 3 nitrogen and oxygen atoms in total. The summed E-state index contributed by atoms with van der Waals surface area (Å²) in [4.78, 5) is 14.6. The van der Waals surface area contributed by atoms with Crippen LogP contribution >= 0.6 is 0 Å². The summed E-state index contributed by atoms with van der Waals surface area (Å²) >= 11 is 0. The predicted molar refractivity (Wildman–Crippen MR) is 76.5 cm³/mol. The zero-order valence-electron chi connectivity index (χ0n) is 11.6. The Morgan fingerprint density at radius 1 is 1.26 bits per heavy atom. The summed E-state index contributed by atoms with van der Waals surface area (Å²) < 4.78 is 0. The highest BCUT2D eigenvalue weighted by Crippen LogP contribution is 2.23. The molecular formula is C16H22N2O. The van der Waals surface area contributed by atoms with Gasteiger partial charge in [0.05, 0.1) is 0 Å². The van der Waals surface area contributed by atoms with Crippen LogP contribution in [0, 0.1) is 0 Å². The minimum absolute atomic E-state index is 0.197. The van der Waals surface area contributed by atoms with Crippen LogP contribution in [0.1, 0.15) is 41.3 Å². The van der Waals surface area contributed by atoms with Crippen LogP contribution in [0.2, 0.25) is 0 Å². The number of nitrogens with one attached hydrogen (secondary N) is 1. The van der Waals surface area contributed by atoms with E-state index in [0.29, 0.717) is 0 Å². The average Bonchev–Trinajstić information content (AvgIpc) is 2.46. The number of nitrogens with zero attached hydrogens (tertiary/aromatic N) is 1. The van der Waals surface area contributed by atoms with Gasteiger partial charge in [0, 0.05) is 31.2 Å². The maximum atomic E-state index is 12.6. The highest BCUT2D eigenvalue weighted by molar-refractivity contribution is 5.94. The van der Waals surface area contributed by atoms with Gasteiger partial charge in [0.25, 0.3) is 5.91 Å². The van der Waals surface area contributed by atoms with E-state index in [0.717, 1.165) is 31.6 Å². The first-order valence-corrected chi connectivity index (χ1v) is 7.39. The third-order valence-corrected chi connectivity index (χ3v) is 4.36. The maximum absolute atomic E-state index is 12.6. The monoisotopic (exact) mass is 258 g/mol. The first kappa shape index (κ1) is 12.7. The number of carbonyl (C=O) groups excluding carboxylic acids is 1. The average molecular weight is 258 g/mol. The van der Waals surface area contributed by atoms with Gasteiger partial charge in [-0.15, -0.1) is 0 Å². The van der Waals surface area contributed by atoms with Crippen molar-refractivity contribution in [1.82, 2.24) is 10.2 Å². The van der Waals surface area contributed by atoms with E-state index in [1.165, 1.54) is 30.4 Å². The van der Waals surface area contributed by atoms with Crippen LogP contribution in [0.3, 0.4) is 0 Å². The molecule has 0 radical (unpaired) electrons. The second-order valence-corrected chi connectivity index (χ2v) is 5.74. The maximum Gasteiger partial charge on any atom is 0.254 e. The number of hydrogen-bond acceptors (Lipinski definition) is 2. The van der Waals surface area contributed by atoms with Gasteiger partial charge in [-0.2, -0.15) is 0 Å². The second kappa shape index (κ2) is 5.33. The molecule has 1 aromatic carbocycles. The number of aryl methyl sites for hydroxylation is 2. The standard InChI is InChI=1S/C16H22N2O/c1-12-11-17-8-9-18(12)16(19)15-7-6-13-4-2-3-5-14(13)10-15/h6-7,10,12,17H,2-5,8-9,11H2,1H3/t12-/m1/s1. The Kier molecular flexibility index (Phi) is 3.56. The minimum atomic E-state index is 0.197. The molecule has 0 spiro atoms. The molecule has 3 rings (SSSR count). The highest BCUT2D eigenvalue weighted by atomic mass is 16.2. The van der Waals surface area contributed by atoms with Crippen LogP contribution in [-0.4, -0.2) is 36.5 Å². The van der Waals surface area contributed by atoms with E-state index in [4.69, 9.17) is 0 Å². The van der Waals surface area contributed by atoms with Crippen LogP contribution in [-0.2, 0) is 12.8 Å². The molecule has 102 valence electrons. The summed E-state index contributed by atoms with van der Waals surface area (Å²) in [5.74, 6) is 0.197. The lowest BCUT2D eigenvalue weighted by atomic mass is 9.90. The Morgan fingerprint density at radius 3 is 2.84 bits per heavy atom. The molecule has 1 aliphatic carbocycles. The SMILES string of the molecule is C[C@@H]1CNCCN1C(=O)c1ccc2c(c1)CCCC2. The normalized spacial score (nSPS) is 23.0. The first-order valence-electron chi connectivity index (χ1n) is 7.39. The van der Waals surface area contributed by atoms with E-state index in [-0.39, 0.29) is 11.9 Å². The molecule has 2 aliphatic rings. The van der Waals surface area contributed by atoms with Gasteiger partial charge in [0.1, 0.15) is 0 Å². The Bertz CT molecular complexity index is 484. The molecule has 1 saturated heterocycles. The summed E-state index contributed by atoms with van der Waals surface area (Å²) in [5, 5.41) is 3.33. The Labute approximate surface area is 115 Å². The summed E-state index contributed by atoms with van der Waals surface area (Å²) in [6, 6.07) is 6.60. The van der Waals surface area contributed by atoms with E-state index in [2.05, 4.69) is 24.4 Å². The zero-order valence-corrected chi connectivity index (χ0v) is 11.6. The molecule has 0 aromatic heterocycles. The molecule has 1 aliphatic heterocycles. The van der Waals surface area contributed by atoms with Gasteiger partial charge in [0.2, 0.25) is 0 Å². The summed E-state index contributed by atoms with van der Waals surface area (Å²) in [7, 11) is 0. The van der Waals surface area contributed by atoms with Gasteiger partial charge in [-0.05, 0) is 55.9 Å². The van der Waals surface area contributed by atoms with Gasteiger partial charge >= 0.3 is 0 Å². The Balaban J connectivity index is 1.83. The van der Waals surface area contributed by atoms with Crippen molar-refractivity contribution in [3.8, 4) is 0 Å². The fourth-order valence-corrected chi connectivity index (χ4v) is 3.18. The molecule has 19 heavy (non-hydrogen) atoms. The third-order valence-electron chi connectivity index (χ3n) is 4.36. The molecule has 3 heteroatoms. The molecular weight excluding hydrogens is 236 g/mol. The van der Waals surface area contributed by atoms with Crippen molar-refractivity contribution in [1.29, 1.82) is 0 Å². The smallest absolute Gasteiger partial charge is 0.254 e. The molecule has 1 heterocycles. The molecule has 0 saturated carbocycles. The number of hydrogen-bond donors (Lipinski definition) is 1. The molecule has 1 aromatic rings. The van der Waals surface area contributed by atoms with Gasteiger partial charge in [-0.1, -0.05) is 6.07 Å².